The number of amides is 1. The van der Waals surface area contributed by atoms with Gasteiger partial charge in [-0.05, 0) is 28.1 Å². The molecule has 0 aliphatic carbocycles. The van der Waals surface area contributed by atoms with Crippen molar-refractivity contribution in [3.8, 4) is 0 Å². The summed E-state index contributed by atoms with van der Waals surface area (Å²) in [5.41, 5.74) is 0.424. The van der Waals surface area contributed by atoms with Crippen LogP contribution in [0.15, 0.2) is 16.6 Å². The number of carbonyl (C=O) groups is 2. The minimum Gasteiger partial charge on any atom is -0.318 e. The van der Waals surface area contributed by atoms with Crippen LogP contribution in [0.1, 0.15) is 10.4 Å². The zero-order chi connectivity index (χ0) is 9.59. The molecule has 1 heterocycles. The van der Waals surface area contributed by atoms with E-state index < -0.39 is 17.5 Å². The number of benzene rings is 1. The van der Waals surface area contributed by atoms with Gasteiger partial charge in [-0.25, -0.2) is 4.39 Å². The maximum Gasteiger partial charge on any atom is 0.296 e. The molecule has 0 radical (unpaired) electrons. The van der Waals surface area contributed by atoms with Crippen molar-refractivity contribution in [1.29, 1.82) is 0 Å². The van der Waals surface area contributed by atoms with Crippen molar-refractivity contribution in [2.24, 2.45) is 0 Å². The fraction of sp³-hybridized carbons (Fsp3) is 0. The van der Waals surface area contributed by atoms with Crippen LogP contribution in [-0.4, -0.2) is 11.7 Å². The Balaban J connectivity index is 2.71. The van der Waals surface area contributed by atoms with E-state index >= 15 is 0 Å². The second-order valence-corrected chi connectivity index (χ2v) is 3.45. The summed E-state index contributed by atoms with van der Waals surface area (Å²) >= 11 is 3.01. The van der Waals surface area contributed by atoms with Crippen molar-refractivity contribution >= 4 is 33.3 Å². The molecule has 5 heteroatoms. The molecule has 1 aromatic rings. The molecular formula is C8H3BrFNO2. The van der Waals surface area contributed by atoms with Crippen LogP contribution < -0.4 is 5.32 Å². The summed E-state index contributed by atoms with van der Waals surface area (Å²) in [5.74, 6) is -1.86. The molecular weight excluding hydrogens is 241 g/mol. The Kier molecular flexibility index (Phi) is 1.69. The predicted molar refractivity (Wildman–Crippen MR) is 47.1 cm³/mol. The molecule has 0 bridgehead atoms. The maximum absolute atomic E-state index is 12.8. The van der Waals surface area contributed by atoms with Crippen molar-refractivity contribution in [1.82, 2.24) is 0 Å². The van der Waals surface area contributed by atoms with E-state index in [1.807, 2.05) is 0 Å². The summed E-state index contributed by atoms with van der Waals surface area (Å²) in [5, 5.41) is 2.27. The second kappa shape index (κ2) is 2.63. The fourth-order valence-electron chi connectivity index (χ4n) is 1.20. The lowest BCUT2D eigenvalue weighted by Crippen LogP contribution is -2.12. The van der Waals surface area contributed by atoms with Crippen LogP contribution in [0.3, 0.4) is 0 Å². The SMILES string of the molecule is O=C1Nc2cc(F)cc(Br)c2C1=O. The van der Waals surface area contributed by atoms with Gasteiger partial charge < -0.3 is 5.32 Å². The molecule has 3 nitrogen and oxygen atoms in total. The molecule has 66 valence electrons. The van der Waals surface area contributed by atoms with Gasteiger partial charge in [0.15, 0.2) is 0 Å². The molecule has 1 N–H and O–H groups in total. The number of Topliss-reactive ketones (excluding diaryl/α,β-unsaturated/α-hetero) is 1. The van der Waals surface area contributed by atoms with Crippen LogP contribution in [0.25, 0.3) is 0 Å². The first kappa shape index (κ1) is 8.37. The Morgan fingerprint density at radius 1 is 1.31 bits per heavy atom. The van der Waals surface area contributed by atoms with Gasteiger partial charge in [-0.1, -0.05) is 0 Å². The van der Waals surface area contributed by atoms with E-state index in [0.29, 0.717) is 4.47 Å². The molecule has 0 spiro atoms. The molecule has 0 atom stereocenters. The predicted octanol–water partition coefficient (Wildman–Crippen LogP) is 1.72. The van der Waals surface area contributed by atoms with E-state index in [4.69, 9.17) is 0 Å². The van der Waals surface area contributed by atoms with Crippen molar-refractivity contribution < 1.29 is 14.0 Å². The normalized spacial score (nSPS) is 14.3. The number of anilines is 1. The standard InChI is InChI=1S/C8H3BrFNO2/c9-4-1-3(10)2-5-6(4)7(12)8(13)11-5/h1-2H,(H,11,12,13). The topological polar surface area (TPSA) is 46.2 Å². The summed E-state index contributed by atoms with van der Waals surface area (Å²) in [6.45, 7) is 0. The van der Waals surface area contributed by atoms with Crippen LogP contribution in [0.4, 0.5) is 10.1 Å². The van der Waals surface area contributed by atoms with E-state index in [-0.39, 0.29) is 11.3 Å². The Hall–Kier alpha value is -1.23. The number of hydrogen-bond acceptors (Lipinski definition) is 2. The number of carbonyl (C=O) groups excluding carboxylic acids is 2. The van der Waals surface area contributed by atoms with Gasteiger partial charge in [-0.3, -0.25) is 9.59 Å². The molecule has 0 saturated heterocycles. The molecule has 1 aliphatic heterocycles. The lowest BCUT2D eigenvalue weighted by molar-refractivity contribution is -0.112. The van der Waals surface area contributed by atoms with Crippen LogP contribution in [-0.2, 0) is 4.79 Å². The highest BCUT2D eigenvalue weighted by molar-refractivity contribution is 9.10. The van der Waals surface area contributed by atoms with Crippen LogP contribution >= 0.6 is 15.9 Å². The van der Waals surface area contributed by atoms with E-state index in [0.717, 1.165) is 12.1 Å². The van der Waals surface area contributed by atoms with Gasteiger partial charge in [0.2, 0.25) is 0 Å². The summed E-state index contributed by atoms with van der Waals surface area (Å²) < 4.78 is 13.1. The average Bonchev–Trinajstić information content (AvgIpc) is 2.27. The van der Waals surface area contributed by atoms with Gasteiger partial charge in [0.25, 0.3) is 11.7 Å². The fourth-order valence-corrected chi connectivity index (χ4v) is 1.81. The molecule has 0 aromatic heterocycles. The average molecular weight is 244 g/mol. The van der Waals surface area contributed by atoms with Crippen LogP contribution in [0.5, 0.6) is 0 Å². The molecule has 2 rings (SSSR count). The largest absolute Gasteiger partial charge is 0.318 e. The van der Waals surface area contributed by atoms with Gasteiger partial charge in [-0.2, -0.15) is 0 Å². The Morgan fingerprint density at radius 2 is 2.00 bits per heavy atom. The zero-order valence-electron chi connectivity index (χ0n) is 6.23. The Labute approximate surface area is 81.1 Å². The first-order valence-electron chi connectivity index (χ1n) is 3.44. The third kappa shape index (κ3) is 1.16. The molecule has 0 fully saturated rings. The third-order valence-electron chi connectivity index (χ3n) is 1.74. The van der Waals surface area contributed by atoms with Gasteiger partial charge in [0, 0.05) is 4.47 Å². The van der Waals surface area contributed by atoms with Gasteiger partial charge in [-0.15, -0.1) is 0 Å². The van der Waals surface area contributed by atoms with Crippen LogP contribution in [0, 0.1) is 5.82 Å². The second-order valence-electron chi connectivity index (χ2n) is 2.59. The van der Waals surface area contributed by atoms with Crippen molar-refractivity contribution in [2.75, 3.05) is 5.32 Å². The van der Waals surface area contributed by atoms with E-state index in [2.05, 4.69) is 21.2 Å². The number of nitrogens with one attached hydrogen (secondary N) is 1. The number of hydrogen-bond donors (Lipinski definition) is 1. The van der Waals surface area contributed by atoms with Crippen LogP contribution in [0.2, 0.25) is 0 Å². The van der Waals surface area contributed by atoms with E-state index in [1.54, 1.807) is 0 Å². The summed E-state index contributed by atoms with van der Waals surface area (Å²) in [4.78, 5) is 22.1. The molecule has 0 unspecified atom stereocenters. The van der Waals surface area contributed by atoms with Crippen molar-refractivity contribution in [3.63, 3.8) is 0 Å². The first-order chi connectivity index (χ1) is 6.09. The highest BCUT2D eigenvalue weighted by Crippen LogP contribution is 2.30. The van der Waals surface area contributed by atoms with E-state index in [1.165, 1.54) is 0 Å². The minimum absolute atomic E-state index is 0.200. The molecule has 1 amide bonds. The maximum atomic E-state index is 12.8. The lowest BCUT2D eigenvalue weighted by Gasteiger charge is -1.98. The van der Waals surface area contributed by atoms with Gasteiger partial charge >= 0.3 is 0 Å². The quantitative estimate of drug-likeness (QED) is 0.706. The highest BCUT2D eigenvalue weighted by Gasteiger charge is 2.30. The lowest BCUT2D eigenvalue weighted by atomic mass is 10.1. The number of fused-ring (bicyclic) bond motifs is 1. The van der Waals surface area contributed by atoms with Crippen molar-refractivity contribution in [3.05, 3.63) is 28.0 Å². The van der Waals surface area contributed by atoms with Gasteiger partial charge in [0.05, 0.1) is 11.3 Å². The molecule has 1 aliphatic rings. The third-order valence-corrected chi connectivity index (χ3v) is 2.36. The zero-order valence-corrected chi connectivity index (χ0v) is 7.81. The number of ketones is 1. The Morgan fingerprint density at radius 3 is 2.69 bits per heavy atom. The minimum atomic E-state index is -0.721. The monoisotopic (exact) mass is 243 g/mol. The molecule has 1 aromatic carbocycles. The number of rotatable bonds is 0. The van der Waals surface area contributed by atoms with E-state index in [9.17, 15) is 14.0 Å². The molecule has 0 saturated carbocycles. The smallest absolute Gasteiger partial charge is 0.296 e. The highest BCUT2D eigenvalue weighted by atomic mass is 79.9. The summed E-state index contributed by atoms with van der Waals surface area (Å²) in [6.07, 6.45) is 0. The first-order valence-corrected chi connectivity index (χ1v) is 4.23. The van der Waals surface area contributed by atoms with Crippen molar-refractivity contribution in [2.45, 2.75) is 0 Å². The van der Waals surface area contributed by atoms with Gasteiger partial charge in [0.1, 0.15) is 5.82 Å². The Bertz CT molecular complexity index is 430. The molecule has 13 heavy (non-hydrogen) atoms. The summed E-state index contributed by atoms with van der Waals surface area (Å²) in [6, 6.07) is 2.26. The number of halogens is 2. The summed E-state index contributed by atoms with van der Waals surface area (Å²) in [7, 11) is 0.